The van der Waals surface area contributed by atoms with Gasteiger partial charge in [0.2, 0.25) is 11.8 Å². The fraction of sp³-hybridized carbons (Fsp3) is 0.300. The molecule has 0 unspecified atom stereocenters. The molecule has 138 valence electrons. The predicted octanol–water partition coefficient (Wildman–Crippen LogP) is 5.25. The molecule has 0 aliphatic heterocycles. The zero-order chi connectivity index (χ0) is 19.3. The van der Waals surface area contributed by atoms with Crippen LogP contribution in [0.5, 0.6) is 0 Å². The second kappa shape index (κ2) is 9.06. The smallest absolute Gasteiger partial charge is 0.226 e. The van der Waals surface area contributed by atoms with Crippen molar-refractivity contribution in [3.8, 4) is 0 Å². The number of hydrogen-bond acceptors (Lipinski definition) is 2. The van der Waals surface area contributed by atoms with Crippen LogP contribution in [0.2, 0.25) is 10.0 Å². The molecule has 0 aliphatic rings. The lowest BCUT2D eigenvalue weighted by atomic mass is 10.1. The molecule has 2 rings (SSSR count). The summed E-state index contributed by atoms with van der Waals surface area (Å²) < 4.78 is 0. The SMILES string of the molecule is CCc1cccc(C)c1NC(=O)CCN(C(C)=O)c1c(Cl)cccc1Cl. The molecule has 2 aromatic carbocycles. The van der Waals surface area contributed by atoms with Crippen LogP contribution in [0.3, 0.4) is 0 Å². The molecular weight excluding hydrogens is 371 g/mol. The summed E-state index contributed by atoms with van der Waals surface area (Å²) in [4.78, 5) is 25.9. The van der Waals surface area contributed by atoms with Crippen molar-refractivity contribution in [3.05, 3.63) is 57.6 Å². The third-order valence-electron chi connectivity index (χ3n) is 4.15. The van der Waals surface area contributed by atoms with Crippen molar-refractivity contribution >= 4 is 46.4 Å². The lowest BCUT2D eigenvalue weighted by molar-refractivity contribution is -0.117. The van der Waals surface area contributed by atoms with E-state index >= 15 is 0 Å². The summed E-state index contributed by atoms with van der Waals surface area (Å²) in [6.45, 7) is 5.62. The first-order valence-electron chi connectivity index (χ1n) is 8.45. The molecule has 2 aromatic rings. The molecule has 0 heterocycles. The second-order valence-electron chi connectivity index (χ2n) is 6.00. The Labute approximate surface area is 164 Å². The van der Waals surface area contributed by atoms with E-state index in [0.717, 1.165) is 23.2 Å². The maximum atomic E-state index is 12.4. The molecule has 4 nitrogen and oxygen atoms in total. The maximum absolute atomic E-state index is 12.4. The van der Waals surface area contributed by atoms with Crippen LogP contribution in [0.4, 0.5) is 11.4 Å². The predicted molar refractivity (Wildman–Crippen MR) is 108 cm³/mol. The summed E-state index contributed by atoms with van der Waals surface area (Å²) in [6, 6.07) is 11.0. The van der Waals surface area contributed by atoms with Crippen molar-refractivity contribution in [1.82, 2.24) is 0 Å². The zero-order valence-corrected chi connectivity index (χ0v) is 16.6. The summed E-state index contributed by atoms with van der Waals surface area (Å²) in [5, 5.41) is 3.71. The molecule has 0 aromatic heterocycles. The summed E-state index contributed by atoms with van der Waals surface area (Å²) >= 11 is 12.4. The van der Waals surface area contributed by atoms with Crippen molar-refractivity contribution in [1.29, 1.82) is 0 Å². The Morgan fingerprint density at radius 3 is 2.27 bits per heavy atom. The van der Waals surface area contributed by atoms with Gasteiger partial charge in [0.15, 0.2) is 0 Å². The van der Waals surface area contributed by atoms with E-state index in [1.54, 1.807) is 18.2 Å². The Kier molecular flexibility index (Phi) is 7.06. The first-order chi connectivity index (χ1) is 12.3. The molecule has 0 saturated heterocycles. The molecule has 0 radical (unpaired) electrons. The van der Waals surface area contributed by atoms with Gasteiger partial charge < -0.3 is 10.2 Å². The van der Waals surface area contributed by atoms with Gasteiger partial charge in [-0.25, -0.2) is 0 Å². The van der Waals surface area contributed by atoms with Gasteiger partial charge in [0.25, 0.3) is 0 Å². The van der Waals surface area contributed by atoms with Crippen LogP contribution in [-0.4, -0.2) is 18.4 Å². The first-order valence-corrected chi connectivity index (χ1v) is 9.21. The Morgan fingerprint density at radius 2 is 1.69 bits per heavy atom. The van der Waals surface area contributed by atoms with Crippen LogP contribution in [0, 0.1) is 6.92 Å². The van der Waals surface area contributed by atoms with Crippen molar-refractivity contribution in [3.63, 3.8) is 0 Å². The number of carbonyl (C=O) groups is 2. The van der Waals surface area contributed by atoms with Crippen molar-refractivity contribution in [2.24, 2.45) is 0 Å². The van der Waals surface area contributed by atoms with Gasteiger partial charge in [0, 0.05) is 25.6 Å². The Bertz CT molecular complexity index is 801. The molecule has 2 amide bonds. The highest BCUT2D eigenvalue weighted by Gasteiger charge is 2.19. The monoisotopic (exact) mass is 392 g/mol. The van der Waals surface area contributed by atoms with Crippen LogP contribution in [0.25, 0.3) is 0 Å². The number of nitrogens with zero attached hydrogens (tertiary/aromatic N) is 1. The molecule has 6 heteroatoms. The summed E-state index contributed by atoms with van der Waals surface area (Å²) in [5.41, 5.74) is 3.36. The van der Waals surface area contributed by atoms with Gasteiger partial charge in [0.1, 0.15) is 0 Å². The molecule has 0 saturated carbocycles. The molecule has 1 N–H and O–H groups in total. The topological polar surface area (TPSA) is 49.4 Å². The average molecular weight is 393 g/mol. The number of para-hydroxylation sites is 2. The molecular formula is C20H22Cl2N2O2. The van der Waals surface area contributed by atoms with E-state index in [9.17, 15) is 9.59 Å². The first kappa shape index (κ1) is 20.3. The standard InChI is InChI=1S/C20H22Cl2N2O2/c1-4-15-8-5-7-13(2)19(15)23-18(26)11-12-24(14(3)25)20-16(21)9-6-10-17(20)22/h5-10H,4,11-12H2,1-3H3,(H,23,26). The molecule has 0 spiro atoms. The number of carbonyl (C=O) groups excluding carboxylic acids is 2. The Hall–Kier alpha value is -2.04. The van der Waals surface area contributed by atoms with E-state index in [-0.39, 0.29) is 24.8 Å². The number of nitrogens with one attached hydrogen (secondary N) is 1. The largest absolute Gasteiger partial charge is 0.326 e. The fourth-order valence-electron chi connectivity index (χ4n) is 2.79. The number of halogens is 2. The van der Waals surface area contributed by atoms with E-state index in [1.165, 1.54) is 11.8 Å². The quantitative estimate of drug-likeness (QED) is 0.729. The van der Waals surface area contributed by atoms with E-state index in [2.05, 4.69) is 5.32 Å². The highest BCUT2D eigenvalue weighted by molar-refractivity contribution is 6.39. The Morgan fingerprint density at radius 1 is 1.08 bits per heavy atom. The third-order valence-corrected chi connectivity index (χ3v) is 4.76. The van der Waals surface area contributed by atoms with Crippen LogP contribution >= 0.6 is 23.2 Å². The second-order valence-corrected chi connectivity index (χ2v) is 6.82. The number of benzene rings is 2. The Balaban J connectivity index is 2.13. The van der Waals surface area contributed by atoms with Crippen LogP contribution in [0.15, 0.2) is 36.4 Å². The van der Waals surface area contributed by atoms with E-state index < -0.39 is 0 Å². The minimum atomic E-state index is -0.224. The van der Waals surface area contributed by atoms with Gasteiger partial charge in [-0.15, -0.1) is 0 Å². The van der Waals surface area contributed by atoms with E-state index in [1.807, 2.05) is 32.0 Å². The number of aryl methyl sites for hydroxylation is 2. The molecule has 0 bridgehead atoms. The van der Waals surface area contributed by atoms with E-state index in [4.69, 9.17) is 23.2 Å². The van der Waals surface area contributed by atoms with Crippen LogP contribution < -0.4 is 10.2 Å². The minimum Gasteiger partial charge on any atom is -0.326 e. The maximum Gasteiger partial charge on any atom is 0.226 e. The number of hydrogen-bond donors (Lipinski definition) is 1. The van der Waals surface area contributed by atoms with Gasteiger partial charge in [-0.3, -0.25) is 9.59 Å². The molecule has 0 atom stereocenters. The average Bonchev–Trinajstić information content (AvgIpc) is 2.58. The fourth-order valence-corrected chi connectivity index (χ4v) is 3.39. The number of rotatable bonds is 6. The van der Waals surface area contributed by atoms with Crippen molar-refractivity contribution in [2.45, 2.75) is 33.6 Å². The molecule has 0 aliphatic carbocycles. The zero-order valence-electron chi connectivity index (χ0n) is 15.1. The third kappa shape index (κ3) is 4.77. The highest BCUT2D eigenvalue weighted by atomic mass is 35.5. The van der Waals surface area contributed by atoms with Crippen molar-refractivity contribution < 1.29 is 9.59 Å². The van der Waals surface area contributed by atoms with Gasteiger partial charge >= 0.3 is 0 Å². The molecule has 0 fully saturated rings. The van der Waals surface area contributed by atoms with Crippen LogP contribution in [-0.2, 0) is 16.0 Å². The van der Waals surface area contributed by atoms with Crippen molar-refractivity contribution in [2.75, 3.05) is 16.8 Å². The van der Waals surface area contributed by atoms with Gasteiger partial charge in [-0.1, -0.05) is 54.4 Å². The number of amides is 2. The van der Waals surface area contributed by atoms with Gasteiger partial charge in [0.05, 0.1) is 15.7 Å². The van der Waals surface area contributed by atoms with Gasteiger partial charge in [-0.05, 0) is 36.6 Å². The summed E-state index contributed by atoms with van der Waals surface area (Å²) in [6.07, 6.45) is 0.963. The van der Waals surface area contributed by atoms with Crippen LogP contribution in [0.1, 0.15) is 31.4 Å². The summed E-state index contributed by atoms with van der Waals surface area (Å²) in [7, 11) is 0. The lowest BCUT2D eigenvalue weighted by Gasteiger charge is -2.23. The normalized spacial score (nSPS) is 10.5. The minimum absolute atomic E-state index is 0.138. The highest BCUT2D eigenvalue weighted by Crippen LogP contribution is 2.33. The summed E-state index contributed by atoms with van der Waals surface area (Å²) in [5.74, 6) is -0.388. The van der Waals surface area contributed by atoms with Gasteiger partial charge in [-0.2, -0.15) is 0 Å². The van der Waals surface area contributed by atoms with E-state index in [0.29, 0.717) is 15.7 Å². The molecule has 26 heavy (non-hydrogen) atoms. The lowest BCUT2D eigenvalue weighted by Crippen LogP contribution is -2.32. The number of anilines is 2.